The summed E-state index contributed by atoms with van der Waals surface area (Å²) in [5.41, 5.74) is 0.887. The zero-order valence-electron chi connectivity index (χ0n) is 10.9. The summed E-state index contributed by atoms with van der Waals surface area (Å²) in [4.78, 5) is 0. The molecule has 0 fully saturated rings. The molecule has 1 rings (SSSR count). The molecule has 4 heteroatoms. The van der Waals surface area contributed by atoms with Gasteiger partial charge in [-0.15, -0.1) is 0 Å². The van der Waals surface area contributed by atoms with Crippen LogP contribution < -0.4 is 15.4 Å². The van der Waals surface area contributed by atoms with Crippen molar-refractivity contribution in [3.05, 3.63) is 29.6 Å². The number of methoxy groups -OCH3 is 1. The van der Waals surface area contributed by atoms with E-state index in [1.165, 1.54) is 13.2 Å². The Labute approximate surface area is 102 Å². The molecule has 0 aromatic heterocycles. The van der Waals surface area contributed by atoms with E-state index in [1.807, 2.05) is 13.1 Å². The molecule has 0 amide bonds. The van der Waals surface area contributed by atoms with Crippen LogP contribution in [0.4, 0.5) is 4.39 Å². The molecule has 1 aromatic rings. The van der Waals surface area contributed by atoms with Crippen LogP contribution in [0.25, 0.3) is 0 Å². The summed E-state index contributed by atoms with van der Waals surface area (Å²) in [6.07, 6.45) is 0. The first-order valence-electron chi connectivity index (χ1n) is 5.70. The summed E-state index contributed by atoms with van der Waals surface area (Å²) in [6.45, 7) is 5.69. The van der Waals surface area contributed by atoms with Crippen LogP contribution in [0.15, 0.2) is 18.2 Å². The first-order chi connectivity index (χ1) is 7.98. The third-order valence-electron chi connectivity index (χ3n) is 2.61. The third kappa shape index (κ3) is 4.32. The van der Waals surface area contributed by atoms with E-state index >= 15 is 0 Å². The Kier molecular flexibility index (Phi) is 4.90. The lowest BCUT2D eigenvalue weighted by Gasteiger charge is -2.26. The highest BCUT2D eigenvalue weighted by Gasteiger charge is 2.15. The van der Waals surface area contributed by atoms with Gasteiger partial charge in [0.25, 0.3) is 0 Å². The fraction of sp³-hybridized carbons (Fsp3) is 0.538. The van der Waals surface area contributed by atoms with Gasteiger partial charge in [-0.05, 0) is 38.6 Å². The van der Waals surface area contributed by atoms with Crippen LogP contribution >= 0.6 is 0 Å². The van der Waals surface area contributed by atoms with Crippen molar-refractivity contribution in [1.82, 2.24) is 10.6 Å². The second-order valence-corrected chi connectivity index (χ2v) is 4.74. The van der Waals surface area contributed by atoms with Crippen LogP contribution in [0.1, 0.15) is 19.4 Å². The Balaban J connectivity index is 2.61. The summed E-state index contributed by atoms with van der Waals surface area (Å²) in [6, 6.07) is 5.02. The van der Waals surface area contributed by atoms with Crippen molar-refractivity contribution < 1.29 is 9.13 Å². The topological polar surface area (TPSA) is 33.3 Å². The third-order valence-corrected chi connectivity index (χ3v) is 2.61. The highest BCUT2D eigenvalue weighted by molar-refractivity contribution is 5.29. The standard InChI is InChI=1S/C13H21FN2O/c1-13(2,9-15-3)16-8-10-5-6-12(17-4)11(14)7-10/h5-7,15-16H,8-9H2,1-4H3. The molecule has 0 atom stereocenters. The minimum absolute atomic E-state index is 0.0227. The van der Waals surface area contributed by atoms with E-state index in [0.717, 1.165) is 12.1 Å². The zero-order chi connectivity index (χ0) is 12.9. The van der Waals surface area contributed by atoms with Crippen LogP contribution in [-0.4, -0.2) is 26.2 Å². The predicted octanol–water partition coefficient (Wildman–Crippen LogP) is 1.92. The van der Waals surface area contributed by atoms with Crippen LogP contribution in [0.5, 0.6) is 5.75 Å². The van der Waals surface area contributed by atoms with Gasteiger partial charge in [0.2, 0.25) is 0 Å². The first kappa shape index (κ1) is 13.9. The van der Waals surface area contributed by atoms with E-state index in [0.29, 0.717) is 6.54 Å². The molecule has 0 aliphatic heterocycles. The second-order valence-electron chi connectivity index (χ2n) is 4.74. The largest absolute Gasteiger partial charge is 0.494 e. The molecule has 0 bridgehead atoms. The number of hydrogen-bond donors (Lipinski definition) is 2. The smallest absolute Gasteiger partial charge is 0.165 e. The number of rotatable bonds is 6. The van der Waals surface area contributed by atoms with E-state index in [1.54, 1.807) is 6.07 Å². The monoisotopic (exact) mass is 240 g/mol. The van der Waals surface area contributed by atoms with Gasteiger partial charge in [-0.2, -0.15) is 0 Å². The molecule has 1 aromatic carbocycles. The second kappa shape index (κ2) is 5.98. The Bertz CT molecular complexity index is 366. The molecule has 0 saturated carbocycles. The lowest BCUT2D eigenvalue weighted by Crippen LogP contribution is -2.46. The minimum atomic E-state index is -0.321. The van der Waals surface area contributed by atoms with E-state index in [9.17, 15) is 4.39 Å². The normalized spacial score (nSPS) is 11.6. The van der Waals surface area contributed by atoms with E-state index < -0.39 is 0 Å². The molecule has 0 aliphatic carbocycles. The highest BCUT2D eigenvalue weighted by Crippen LogP contribution is 2.17. The lowest BCUT2D eigenvalue weighted by molar-refractivity contribution is 0.371. The van der Waals surface area contributed by atoms with E-state index in [2.05, 4.69) is 24.5 Å². The van der Waals surface area contributed by atoms with Crippen molar-refractivity contribution >= 4 is 0 Å². The number of ether oxygens (including phenoxy) is 1. The first-order valence-corrected chi connectivity index (χ1v) is 5.70. The molecule has 0 aliphatic rings. The summed E-state index contributed by atoms with van der Waals surface area (Å²) >= 11 is 0. The van der Waals surface area contributed by atoms with Crippen LogP contribution in [0.2, 0.25) is 0 Å². The quantitative estimate of drug-likeness (QED) is 0.797. The van der Waals surface area contributed by atoms with Crippen molar-refractivity contribution in [2.45, 2.75) is 25.9 Å². The number of likely N-dealkylation sites (N-methyl/N-ethyl adjacent to an activating group) is 1. The van der Waals surface area contributed by atoms with Crippen LogP contribution in [-0.2, 0) is 6.54 Å². The summed E-state index contributed by atoms with van der Waals surface area (Å²) in [5.74, 6) is -0.0403. The van der Waals surface area contributed by atoms with Gasteiger partial charge in [-0.3, -0.25) is 0 Å². The van der Waals surface area contributed by atoms with Crippen molar-refractivity contribution in [3.8, 4) is 5.75 Å². The van der Waals surface area contributed by atoms with E-state index in [-0.39, 0.29) is 17.1 Å². The Morgan fingerprint density at radius 3 is 2.59 bits per heavy atom. The van der Waals surface area contributed by atoms with Crippen molar-refractivity contribution in [1.29, 1.82) is 0 Å². The minimum Gasteiger partial charge on any atom is -0.494 e. The molecular formula is C13H21FN2O. The Hall–Kier alpha value is -1.13. The summed E-state index contributed by atoms with van der Waals surface area (Å²) in [5, 5.41) is 6.49. The molecule has 0 spiro atoms. The Morgan fingerprint density at radius 1 is 1.35 bits per heavy atom. The maximum Gasteiger partial charge on any atom is 0.165 e. The average Bonchev–Trinajstić information content (AvgIpc) is 2.27. The molecule has 0 radical (unpaired) electrons. The fourth-order valence-corrected chi connectivity index (χ4v) is 1.67. The van der Waals surface area contributed by atoms with Crippen molar-refractivity contribution in [3.63, 3.8) is 0 Å². The number of halogens is 1. The van der Waals surface area contributed by atoms with Crippen molar-refractivity contribution in [2.24, 2.45) is 0 Å². The Morgan fingerprint density at radius 2 is 2.06 bits per heavy atom. The molecule has 17 heavy (non-hydrogen) atoms. The van der Waals surface area contributed by atoms with Crippen molar-refractivity contribution in [2.75, 3.05) is 20.7 Å². The fourth-order valence-electron chi connectivity index (χ4n) is 1.67. The molecule has 0 heterocycles. The van der Waals surface area contributed by atoms with Gasteiger partial charge in [0, 0.05) is 18.6 Å². The number of benzene rings is 1. The van der Waals surface area contributed by atoms with Gasteiger partial charge in [-0.25, -0.2) is 4.39 Å². The SMILES string of the molecule is CNCC(C)(C)NCc1ccc(OC)c(F)c1. The number of nitrogens with one attached hydrogen (secondary N) is 2. The molecule has 2 N–H and O–H groups in total. The van der Waals surface area contributed by atoms with E-state index in [4.69, 9.17) is 4.74 Å². The summed E-state index contributed by atoms with van der Waals surface area (Å²) in [7, 11) is 3.38. The maximum absolute atomic E-state index is 13.5. The zero-order valence-corrected chi connectivity index (χ0v) is 10.9. The molecule has 0 saturated heterocycles. The lowest BCUT2D eigenvalue weighted by atomic mass is 10.1. The van der Waals surface area contributed by atoms with Crippen LogP contribution in [0, 0.1) is 5.82 Å². The average molecular weight is 240 g/mol. The molecule has 0 unspecified atom stereocenters. The van der Waals surface area contributed by atoms with Crippen LogP contribution in [0.3, 0.4) is 0 Å². The van der Waals surface area contributed by atoms with Gasteiger partial charge in [-0.1, -0.05) is 6.07 Å². The molecule has 96 valence electrons. The maximum atomic E-state index is 13.5. The van der Waals surface area contributed by atoms with Gasteiger partial charge in [0.1, 0.15) is 0 Å². The molecule has 3 nitrogen and oxygen atoms in total. The van der Waals surface area contributed by atoms with Gasteiger partial charge < -0.3 is 15.4 Å². The van der Waals surface area contributed by atoms with Gasteiger partial charge >= 0.3 is 0 Å². The predicted molar refractivity (Wildman–Crippen MR) is 67.8 cm³/mol. The van der Waals surface area contributed by atoms with Gasteiger partial charge in [0.15, 0.2) is 11.6 Å². The molecular weight excluding hydrogens is 219 g/mol. The summed E-state index contributed by atoms with van der Waals surface area (Å²) < 4.78 is 18.3. The van der Waals surface area contributed by atoms with Gasteiger partial charge in [0.05, 0.1) is 7.11 Å². The highest BCUT2D eigenvalue weighted by atomic mass is 19.1. The number of hydrogen-bond acceptors (Lipinski definition) is 3.